The fourth-order valence-corrected chi connectivity index (χ4v) is 3.30. The van der Waals surface area contributed by atoms with Crippen molar-refractivity contribution in [2.24, 2.45) is 0 Å². The number of carbonyl (C=O) groups excluding carboxylic acids is 2. The normalized spacial score (nSPS) is 14.4. The van der Waals surface area contributed by atoms with E-state index in [2.05, 4.69) is 26.2 Å². The maximum Gasteiger partial charge on any atom is 0.306 e. The van der Waals surface area contributed by atoms with E-state index in [1.165, 1.54) is 5.56 Å². The first-order valence-electron chi connectivity index (χ1n) is 10.1. The number of hydrogen-bond donors (Lipinski definition) is 1. The summed E-state index contributed by atoms with van der Waals surface area (Å²) >= 11 is 0. The van der Waals surface area contributed by atoms with Crippen LogP contribution in [0.1, 0.15) is 25.3 Å². The summed E-state index contributed by atoms with van der Waals surface area (Å²) in [6, 6.07) is 13.9. The van der Waals surface area contributed by atoms with Crippen molar-refractivity contribution < 1.29 is 14.3 Å². The summed E-state index contributed by atoms with van der Waals surface area (Å²) in [6.07, 6.45) is 2.06. The number of piperazine rings is 1. The van der Waals surface area contributed by atoms with Gasteiger partial charge in [0.2, 0.25) is 5.91 Å². The van der Waals surface area contributed by atoms with Crippen molar-refractivity contribution in [2.75, 3.05) is 43.0 Å². The molecule has 1 aliphatic rings. The fourth-order valence-electron chi connectivity index (χ4n) is 3.30. The lowest BCUT2D eigenvalue weighted by Crippen LogP contribution is -2.46. The van der Waals surface area contributed by atoms with E-state index in [1.807, 2.05) is 42.6 Å². The van der Waals surface area contributed by atoms with Crippen LogP contribution in [0.25, 0.3) is 0 Å². The van der Waals surface area contributed by atoms with Gasteiger partial charge in [-0.05, 0) is 36.8 Å². The molecule has 7 heteroatoms. The van der Waals surface area contributed by atoms with Crippen LogP contribution in [0.3, 0.4) is 0 Å². The Bertz CT molecular complexity index is 787. The molecule has 1 aromatic carbocycles. The Morgan fingerprint density at radius 2 is 1.79 bits per heavy atom. The van der Waals surface area contributed by atoms with E-state index in [0.29, 0.717) is 6.61 Å². The summed E-state index contributed by atoms with van der Waals surface area (Å²) in [7, 11) is 0. The van der Waals surface area contributed by atoms with Crippen molar-refractivity contribution in [1.82, 2.24) is 9.88 Å². The lowest BCUT2D eigenvalue weighted by atomic mass is 10.1. The van der Waals surface area contributed by atoms with Crippen LogP contribution in [-0.2, 0) is 20.9 Å². The van der Waals surface area contributed by atoms with Crippen LogP contribution in [0.2, 0.25) is 0 Å². The molecule has 0 atom stereocenters. The molecule has 1 N–H and O–H groups in total. The summed E-state index contributed by atoms with van der Waals surface area (Å²) < 4.78 is 4.83. The van der Waals surface area contributed by atoms with E-state index < -0.39 is 0 Å². The van der Waals surface area contributed by atoms with Crippen LogP contribution < -0.4 is 10.2 Å². The van der Waals surface area contributed by atoms with Gasteiger partial charge in [-0.25, -0.2) is 4.98 Å². The molecular formula is C22H28N4O3. The summed E-state index contributed by atoms with van der Waals surface area (Å²) in [5, 5.41) is 2.82. The van der Waals surface area contributed by atoms with E-state index in [-0.39, 0.29) is 24.7 Å². The number of amides is 1. The number of aromatic nitrogens is 1. The molecule has 0 unspecified atom stereocenters. The van der Waals surface area contributed by atoms with Crippen molar-refractivity contribution in [3.63, 3.8) is 0 Å². The number of ether oxygens (including phenoxy) is 1. The van der Waals surface area contributed by atoms with E-state index in [4.69, 9.17) is 4.74 Å². The first kappa shape index (κ1) is 20.8. The predicted octanol–water partition coefficient (Wildman–Crippen LogP) is 2.69. The Balaban J connectivity index is 1.41. The van der Waals surface area contributed by atoms with Crippen LogP contribution in [0.5, 0.6) is 0 Å². The van der Waals surface area contributed by atoms with Crippen molar-refractivity contribution in [3.8, 4) is 0 Å². The predicted molar refractivity (Wildman–Crippen MR) is 113 cm³/mol. The Hall–Kier alpha value is -2.93. The average Bonchev–Trinajstić information content (AvgIpc) is 2.75. The first-order chi connectivity index (χ1) is 14.1. The van der Waals surface area contributed by atoms with Crippen molar-refractivity contribution >= 4 is 23.4 Å². The zero-order valence-corrected chi connectivity index (χ0v) is 16.8. The number of benzene rings is 1. The van der Waals surface area contributed by atoms with Crippen LogP contribution in [0, 0.1) is 0 Å². The number of pyridine rings is 1. The second kappa shape index (κ2) is 10.6. The minimum atomic E-state index is -0.346. The Morgan fingerprint density at radius 1 is 1.03 bits per heavy atom. The van der Waals surface area contributed by atoms with Gasteiger partial charge in [0.15, 0.2) is 0 Å². The smallest absolute Gasteiger partial charge is 0.306 e. The summed E-state index contributed by atoms with van der Waals surface area (Å²) in [6.45, 7) is 6.87. The third-order valence-corrected chi connectivity index (χ3v) is 4.85. The number of nitrogens with zero attached hydrogens (tertiary/aromatic N) is 3. The van der Waals surface area contributed by atoms with Crippen LogP contribution in [0.4, 0.5) is 11.5 Å². The molecule has 0 radical (unpaired) electrons. The zero-order chi connectivity index (χ0) is 20.5. The summed E-state index contributed by atoms with van der Waals surface area (Å²) in [5.74, 6) is 0.507. The lowest BCUT2D eigenvalue weighted by molar-refractivity contribution is -0.144. The average molecular weight is 396 g/mol. The SMILES string of the molecule is CCOC(=O)CCC(=O)Nc1ccc(CN2CCN(c3ccccn3)CC2)cc1. The molecule has 0 spiro atoms. The highest BCUT2D eigenvalue weighted by atomic mass is 16.5. The van der Waals surface area contributed by atoms with Crippen molar-refractivity contribution in [1.29, 1.82) is 0 Å². The van der Waals surface area contributed by atoms with Gasteiger partial charge in [0.25, 0.3) is 0 Å². The van der Waals surface area contributed by atoms with Gasteiger partial charge in [-0.3, -0.25) is 14.5 Å². The van der Waals surface area contributed by atoms with E-state index in [9.17, 15) is 9.59 Å². The molecule has 1 saturated heterocycles. The number of carbonyl (C=O) groups is 2. The number of esters is 1. The van der Waals surface area contributed by atoms with Crippen LogP contribution in [0.15, 0.2) is 48.7 Å². The van der Waals surface area contributed by atoms with E-state index in [0.717, 1.165) is 44.2 Å². The molecule has 7 nitrogen and oxygen atoms in total. The Morgan fingerprint density at radius 3 is 2.45 bits per heavy atom. The van der Waals surface area contributed by atoms with Gasteiger partial charge >= 0.3 is 5.97 Å². The highest BCUT2D eigenvalue weighted by Crippen LogP contribution is 2.16. The summed E-state index contributed by atoms with van der Waals surface area (Å²) in [4.78, 5) is 32.4. The minimum Gasteiger partial charge on any atom is -0.466 e. The van der Waals surface area contributed by atoms with Gasteiger partial charge in [-0.1, -0.05) is 18.2 Å². The van der Waals surface area contributed by atoms with Gasteiger partial charge in [-0.2, -0.15) is 0 Å². The highest BCUT2D eigenvalue weighted by molar-refractivity contribution is 5.92. The molecule has 29 heavy (non-hydrogen) atoms. The van der Waals surface area contributed by atoms with Gasteiger partial charge in [-0.15, -0.1) is 0 Å². The molecule has 1 fully saturated rings. The summed E-state index contributed by atoms with van der Waals surface area (Å²) in [5.41, 5.74) is 1.95. The van der Waals surface area contributed by atoms with Gasteiger partial charge in [0.1, 0.15) is 5.82 Å². The van der Waals surface area contributed by atoms with E-state index in [1.54, 1.807) is 6.92 Å². The van der Waals surface area contributed by atoms with Crippen molar-refractivity contribution in [3.05, 3.63) is 54.2 Å². The first-order valence-corrected chi connectivity index (χ1v) is 10.1. The van der Waals surface area contributed by atoms with Gasteiger partial charge in [0, 0.05) is 51.0 Å². The topological polar surface area (TPSA) is 74.8 Å². The maximum absolute atomic E-state index is 11.9. The molecule has 1 aromatic heterocycles. The molecule has 0 saturated carbocycles. The largest absolute Gasteiger partial charge is 0.466 e. The highest BCUT2D eigenvalue weighted by Gasteiger charge is 2.17. The number of rotatable bonds is 8. The molecule has 3 rings (SSSR count). The zero-order valence-electron chi connectivity index (χ0n) is 16.8. The maximum atomic E-state index is 11.9. The molecule has 0 bridgehead atoms. The number of hydrogen-bond acceptors (Lipinski definition) is 6. The van der Waals surface area contributed by atoms with Gasteiger partial charge < -0.3 is 15.0 Å². The molecule has 2 aromatic rings. The third kappa shape index (κ3) is 6.57. The molecule has 0 aliphatic carbocycles. The fraction of sp³-hybridized carbons (Fsp3) is 0.409. The molecule has 1 amide bonds. The Kier molecular flexibility index (Phi) is 7.58. The number of anilines is 2. The van der Waals surface area contributed by atoms with Crippen molar-refractivity contribution in [2.45, 2.75) is 26.3 Å². The monoisotopic (exact) mass is 396 g/mol. The molecule has 154 valence electrons. The van der Waals surface area contributed by atoms with E-state index >= 15 is 0 Å². The molecular weight excluding hydrogens is 368 g/mol. The molecule has 1 aliphatic heterocycles. The Labute approximate surface area is 171 Å². The van der Waals surface area contributed by atoms with Gasteiger partial charge in [0.05, 0.1) is 13.0 Å². The third-order valence-electron chi connectivity index (χ3n) is 4.85. The minimum absolute atomic E-state index is 0.0994. The lowest BCUT2D eigenvalue weighted by Gasteiger charge is -2.35. The number of nitrogens with one attached hydrogen (secondary N) is 1. The van der Waals surface area contributed by atoms with Crippen LogP contribution >= 0.6 is 0 Å². The second-order valence-electron chi connectivity index (χ2n) is 7.00. The quantitative estimate of drug-likeness (QED) is 0.692. The second-order valence-corrected chi connectivity index (χ2v) is 7.00. The standard InChI is InChI=1S/C22H28N4O3/c1-2-29-22(28)11-10-21(27)24-19-8-6-18(7-9-19)17-25-13-15-26(16-14-25)20-5-3-4-12-23-20/h3-9,12H,2,10-11,13-17H2,1H3,(H,24,27). The van der Waals surface area contributed by atoms with Crippen LogP contribution in [-0.4, -0.2) is 54.5 Å². The molecule has 2 heterocycles.